The fourth-order valence-corrected chi connectivity index (χ4v) is 1.30. The van der Waals surface area contributed by atoms with E-state index in [0.29, 0.717) is 0 Å². The van der Waals surface area contributed by atoms with Gasteiger partial charge in [0.15, 0.2) is 0 Å². The summed E-state index contributed by atoms with van der Waals surface area (Å²) in [6, 6.07) is 0.852. The van der Waals surface area contributed by atoms with E-state index in [9.17, 15) is 25.3 Å². The number of aliphatic hydroxyl groups is 1. The van der Waals surface area contributed by atoms with E-state index in [4.69, 9.17) is 5.11 Å². The molecular formula is C8H7N2NaO6. The maximum Gasteiger partial charge on any atom is 1.00 e. The first-order valence-electron chi connectivity index (χ1n) is 4.13. The molecule has 0 fully saturated rings. The Labute approximate surface area is 117 Å². The van der Waals surface area contributed by atoms with Gasteiger partial charge in [-0.1, -0.05) is 0 Å². The van der Waals surface area contributed by atoms with Crippen LogP contribution in [-0.2, 0) is 6.61 Å². The fraction of sp³-hybridized carbons (Fsp3) is 0.250. The monoisotopic (exact) mass is 250 g/mol. The third-order valence-electron chi connectivity index (χ3n) is 2.15. The van der Waals surface area contributed by atoms with Crippen LogP contribution in [0.2, 0.25) is 0 Å². The van der Waals surface area contributed by atoms with Gasteiger partial charge in [0.05, 0.1) is 22.2 Å². The normalized spacial score (nSPS) is 9.53. The van der Waals surface area contributed by atoms with Crippen molar-refractivity contribution in [1.82, 2.24) is 0 Å². The second kappa shape index (κ2) is 5.92. The summed E-state index contributed by atoms with van der Waals surface area (Å²) in [5.74, 6) is -1.25. The predicted octanol–water partition coefficient (Wildman–Crippen LogP) is -2.62. The van der Waals surface area contributed by atoms with Crippen molar-refractivity contribution in [1.29, 1.82) is 0 Å². The Morgan fingerprint density at radius 2 is 1.82 bits per heavy atom. The van der Waals surface area contributed by atoms with Gasteiger partial charge in [0.1, 0.15) is 0 Å². The van der Waals surface area contributed by atoms with Crippen LogP contribution in [-0.4, -0.2) is 15.0 Å². The Bertz CT molecular complexity index is 476. The van der Waals surface area contributed by atoms with Gasteiger partial charge in [0, 0.05) is 11.6 Å². The zero-order chi connectivity index (χ0) is 12.5. The minimum atomic E-state index is -1.25. The summed E-state index contributed by atoms with van der Waals surface area (Å²) in [6.45, 7) is 0.655. The molecule has 0 aliphatic rings. The maximum absolute atomic E-state index is 11.4. The van der Waals surface area contributed by atoms with Crippen LogP contribution in [0.4, 0.5) is 11.4 Å². The number of nitro groups is 2. The van der Waals surface area contributed by atoms with E-state index >= 15 is 0 Å². The van der Waals surface area contributed by atoms with Crippen LogP contribution in [0.15, 0.2) is 6.07 Å². The molecule has 0 aliphatic heterocycles. The van der Waals surface area contributed by atoms with Crippen molar-refractivity contribution in [2.45, 2.75) is 13.5 Å². The molecule has 1 rings (SSSR count). The molecule has 0 heterocycles. The summed E-state index contributed by atoms with van der Waals surface area (Å²) < 4.78 is 0. The quantitative estimate of drug-likeness (QED) is 0.355. The maximum atomic E-state index is 11.4. The molecule has 86 valence electrons. The molecule has 0 atom stereocenters. The second-order valence-corrected chi connectivity index (χ2v) is 3.03. The van der Waals surface area contributed by atoms with Crippen molar-refractivity contribution in [3.8, 4) is 5.75 Å². The van der Waals surface area contributed by atoms with Gasteiger partial charge in [0.2, 0.25) is 0 Å². The summed E-state index contributed by atoms with van der Waals surface area (Å²) >= 11 is 0. The average molecular weight is 250 g/mol. The molecule has 9 heteroatoms. The van der Waals surface area contributed by atoms with Crippen LogP contribution in [0, 0.1) is 27.2 Å². The van der Waals surface area contributed by atoms with Crippen molar-refractivity contribution >= 4 is 11.4 Å². The minimum absolute atomic E-state index is 0. The summed E-state index contributed by atoms with van der Waals surface area (Å²) in [4.78, 5) is 19.1. The predicted molar refractivity (Wildman–Crippen MR) is 49.9 cm³/mol. The largest absolute Gasteiger partial charge is 1.00 e. The number of aliphatic hydroxyl groups excluding tert-OH is 1. The van der Waals surface area contributed by atoms with Crippen LogP contribution in [0.1, 0.15) is 11.1 Å². The second-order valence-electron chi connectivity index (χ2n) is 3.03. The standard InChI is InChI=1S/C8H8N2O6.Na/c1-4-5(3-11)2-6(9(13)14)8(12)7(4)10(15)16;/h2,11-12H,3H2,1H3;/q;+1/p-1. The molecule has 0 unspecified atom stereocenters. The summed E-state index contributed by atoms with van der Waals surface area (Å²) in [5.41, 5.74) is -1.82. The van der Waals surface area contributed by atoms with Crippen molar-refractivity contribution in [3.63, 3.8) is 0 Å². The summed E-state index contributed by atoms with van der Waals surface area (Å²) in [5, 5.41) is 41.3. The molecule has 0 radical (unpaired) electrons. The fourth-order valence-electron chi connectivity index (χ4n) is 1.30. The number of nitro benzene ring substituents is 2. The van der Waals surface area contributed by atoms with E-state index in [2.05, 4.69) is 0 Å². The zero-order valence-corrected chi connectivity index (χ0v) is 11.2. The van der Waals surface area contributed by atoms with Crippen molar-refractivity contribution in [3.05, 3.63) is 37.4 Å². The topological polar surface area (TPSA) is 130 Å². The molecule has 1 aromatic rings. The third kappa shape index (κ3) is 2.91. The Balaban J connectivity index is 0.00000256. The minimum Gasteiger partial charge on any atom is -0.863 e. The summed E-state index contributed by atoms with van der Waals surface area (Å²) in [7, 11) is 0. The van der Waals surface area contributed by atoms with Crippen LogP contribution < -0.4 is 34.7 Å². The Kier molecular flexibility index (Phi) is 5.49. The molecule has 0 aromatic heterocycles. The molecule has 0 spiro atoms. The molecule has 1 aromatic carbocycles. The van der Waals surface area contributed by atoms with Gasteiger partial charge in [-0.05, 0) is 12.5 Å². The number of hydrogen-bond acceptors (Lipinski definition) is 6. The number of benzene rings is 1. The molecule has 0 saturated carbocycles. The average Bonchev–Trinajstić information content (AvgIpc) is 2.16. The Morgan fingerprint density at radius 3 is 2.18 bits per heavy atom. The van der Waals surface area contributed by atoms with Gasteiger partial charge in [-0.2, -0.15) is 0 Å². The molecule has 8 nitrogen and oxygen atoms in total. The molecule has 1 N–H and O–H groups in total. The van der Waals surface area contributed by atoms with E-state index in [1.807, 2.05) is 0 Å². The van der Waals surface area contributed by atoms with Crippen molar-refractivity contribution < 1.29 is 49.6 Å². The first-order chi connectivity index (χ1) is 7.40. The van der Waals surface area contributed by atoms with E-state index < -0.39 is 33.6 Å². The van der Waals surface area contributed by atoms with E-state index in [1.54, 1.807) is 0 Å². The molecule has 0 aliphatic carbocycles. The van der Waals surface area contributed by atoms with Crippen LogP contribution in [0.25, 0.3) is 0 Å². The van der Waals surface area contributed by atoms with Crippen molar-refractivity contribution in [2.24, 2.45) is 0 Å². The number of nitrogens with zero attached hydrogens (tertiary/aromatic N) is 2. The van der Waals surface area contributed by atoms with E-state index in [0.717, 1.165) is 6.07 Å². The van der Waals surface area contributed by atoms with Gasteiger partial charge in [0.25, 0.3) is 11.4 Å². The first kappa shape index (κ1) is 15.8. The Morgan fingerprint density at radius 1 is 1.29 bits per heavy atom. The van der Waals surface area contributed by atoms with Gasteiger partial charge >= 0.3 is 29.6 Å². The van der Waals surface area contributed by atoms with Gasteiger partial charge in [-0.25, -0.2) is 0 Å². The molecular weight excluding hydrogens is 243 g/mol. The Hall–Kier alpha value is -1.22. The number of rotatable bonds is 3. The zero-order valence-electron chi connectivity index (χ0n) is 9.17. The summed E-state index contributed by atoms with van der Waals surface area (Å²) in [6.07, 6.45) is 0. The van der Waals surface area contributed by atoms with Gasteiger partial charge in [-0.3, -0.25) is 20.2 Å². The molecule has 0 saturated heterocycles. The number of hydrogen-bond donors (Lipinski definition) is 1. The first-order valence-corrected chi connectivity index (χ1v) is 4.13. The smallest absolute Gasteiger partial charge is 0.863 e. The van der Waals surface area contributed by atoms with E-state index in [1.165, 1.54) is 6.92 Å². The van der Waals surface area contributed by atoms with Crippen LogP contribution in [0.5, 0.6) is 5.75 Å². The van der Waals surface area contributed by atoms with Crippen LogP contribution in [0.3, 0.4) is 0 Å². The van der Waals surface area contributed by atoms with E-state index in [-0.39, 0.29) is 40.7 Å². The molecule has 17 heavy (non-hydrogen) atoms. The third-order valence-corrected chi connectivity index (χ3v) is 2.15. The SMILES string of the molecule is Cc1c(CO)cc([N+](=O)[O-])c([O-])c1[N+](=O)[O-].[Na+]. The molecule has 0 bridgehead atoms. The van der Waals surface area contributed by atoms with Crippen molar-refractivity contribution in [2.75, 3.05) is 0 Å². The van der Waals surface area contributed by atoms with Gasteiger partial charge < -0.3 is 10.2 Å². The molecule has 0 amide bonds. The van der Waals surface area contributed by atoms with Crippen LogP contribution >= 0.6 is 0 Å². The van der Waals surface area contributed by atoms with Gasteiger partial charge in [-0.15, -0.1) is 0 Å².